The molecule has 0 bridgehead atoms. The van der Waals surface area contributed by atoms with Gasteiger partial charge in [-0.05, 0) is 60.7 Å². The number of ether oxygens (including phenoxy) is 1. The highest BCUT2D eigenvalue weighted by molar-refractivity contribution is 5.86. The molecule has 34 heavy (non-hydrogen) atoms. The molecule has 2 heterocycles. The van der Waals surface area contributed by atoms with Gasteiger partial charge in [0.1, 0.15) is 23.5 Å². The van der Waals surface area contributed by atoms with Gasteiger partial charge >= 0.3 is 5.84 Å². The lowest BCUT2D eigenvalue weighted by Gasteiger charge is -2.25. The largest absolute Gasteiger partial charge is 0.457 e. The van der Waals surface area contributed by atoms with Crippen molar-refractivity contribution in [2.45, 2.75) is 0 Å². The van der Waals surface area contributed by atoms with Gasteiger partial charge in [-0.25, -0.2) is 0 Å². The lowest BCUT2D eigenvalue weighted by molar-refractivity contribution is 0.483. The molecular weight excluding hydrogens is 422 g/mol. The van der Waals surface area contributed by atoms with Crippen molar-refractivity contribution < 1.29 is 9.15 Å². The van der Waals surface area contributed by atoms with E-state index in [0.29, 0.717) is 5.84 Å². The number of hydrogen-bond acceptors (Lipinski definition) is 4. The SMILES string of the molecule is c1ccc(Oc2ccc(-c3nc4occn4c3N(c3ccccc3)c3ccccc3)cc2)cc1. The topological polar surface area (TPSA) is 42.9 Å². The number of hydrogen-bond donors (Lipinski definition) is 0. The number of anilines is 3. The summed E-state index contributed by atoms with van der Waals surface area (Å²) in [7, 11) is 0. The summed E-state index contributed by atoms with van der Waals surface area (Å²) in [6.07, 6.45) is 3.55. The highest BCUT2D eigenvalue weighted by Crippen LogP contribution is 2.41. The number of benzene rings is 4. The number of imidazole rings is 1. The number of rotatable bonds is 6. The van der Waals surface area contributed by atoms with E-state index < -0.39 is 0 Å². The van der Waals surface area contributed by atoms with Crippen molar-refractivity contribution in [1.82, 2.24) is 9.38 Å². The zero-order valence-electron chi connectivity index (χ0n) is 18.3. The van der Waals surface area contributed by atoms with Gasteiger partial charge in [-0.1, -0.05) is 54.6 Å². The third-order valence-electron chi connectivity index (χ3n) is 5.58. The summed E-state index contributed by atoms with van der Waals surface area (Å²) in [4.78, 5) is 7.04. The Morgan fingerprint density at radius 3 is 1.82 bits per heavy atom. The van der Waals surface area contributed by atoms with Crippen LogP contribution in [0.2, 0.25) is 0 Å². The number of para-hydroxylation sites is 3. The normalized spacial score (nSPS) is 10.9. The number of fused-ring (bicyclic) bond motifs is 1. The Morgan fingerprint density at radius 1 is 0.647 bits per heavy atom. The maximum atomic E-state index is 5.97. The Morgan fingerprint density at radius 2 is 1.21 bits per heavy atom. The van der Waals surface area contributed by atoms with Crippen LogP contribution in [0.4, 0.5) is 17.2 Å². The van der Waals surface area contributed by atoms with E-state index in [-0.39, 0.29) is 0 Å². The molecule has 0 radical (unpaired) electrons. The molecular formula is C29H21N3O2. The molecule has 6 rings (SSSR count). The smallest absolute Gasteiger partial charge is 0.308 e. The molecule has 0 N–H and O–H groups in total. The van der Waals surface area contributed by atoms with E-state index >= 15 is 0 Å². The van der Waals surface area contributed by atoms with Crippen LogP contribution in [0, 0.1) is 0 Å². The van der Waals surface area contributed by atoms with Crippen molar-refractivity contribution in [3.8, 4) is 22.8 Å². The van der Waals surface area contributed by atoms with E-state index in [1.807, 2.05) is 102 Å². The molecule has 5 nitrogen and oxygen atoms in total. The van der Waals surface area contributed by atoms with Crippen LogP contribution in [0.15, 0.2) is 132 Å². The van der Waals surface area contributed by atoms with Gasteiger partial charge in [0, 0.05) is 16.9 Å². The zero-order chi connectivity index (χ0) is 22.7. The summed E-state index contributed by atoms with van der Waals surface area (Å²) in [5.41, 5.74) is 3.84. The first-order valence-corrected chi connectivity index (χ1v) is 11.1. The van der Waals surface area contributed by atoms with E-state index in [0.717, 1.165) is 39.9 Å². The van der Waals surface area contributed by atoms with E-state index in [4.69, 9.17) is 14.1 Å². The van der Waals surface area contributed by atoms with Crippen LogP contribution in [0.1, 0.15) is 0 Å². The summed E-state index contributed by atoms with van der Waals surface area (Å²) >= 11 is 0. The third-order valence-corrected chi connectivity index (χ3v) is 5.58. The molecule has 164 valence electrons. The minimum Gasteiger partial charge on any atom is -0.457 e. The molecule has 5 heteroatoms. The molecule has 0 saturated heterocycles. The highest BCUT2D eigenvalue weighted by atomic mass is 16.5. The van der Waals surface area contributed by atoms with Crippen molar-refractivity contribution in [3.63, 3.8) is 0 Å². The maximum Gasteiger partial charge on any atom is 0.308 e. The first kappa shape index (κ1) is 19.9. The molecule has 0 fully saturated rings. The van der Waals surface area contributed by atoms with Gasteiger partial charge in [0.15, 0.2) is 5.82 Å². The molecule has 2 aromatic heterocycles. The fraction of sp³-hybridized carbons (Fsp3) is 0. The first-order valence-electron chi connectivity index (χ1n) is 11.1. The lowest BCUT2D eigenvalue weighted by Crippen LogP contribution is -2.12. The quantitative estimate of drug-likeness (QED) is 0.263. The third kappa shape index (κ3) is 3.69. The van der Waals surface area contributed by atoms with Crippen molar-refractivity contribution in [2.75, 3.05) is 4.90 Å². The Labute approximate surface area is 197 Å². The van der Waals surface area contributed by atoms with E-state index in [1.54, 1.807) is 6.26 Å². The van der Waals surface area contributed by atoms with Crippen LogP contribution in [0.5, 0.6) is 11.5 Å². The van der Waals surface area contributed by atoms with Crippen LogP contribution in [-0.2, 0) is 0 Å². The van der Waals surface area contributed by atoms with Gasteiger partial charge < -0.3 is 9.15 Å². The Kier molecular flexibility index (Phi) is 5.05. The summed E-state index contributed by atoms with van der Waals surface area (Å²) in [5.74, 6) is 3.00. The number of oxazole rings is 1. The van der Waals surface area contributed by atoms with Crippen LogP contribution < -0.4 is 9.64 Å². The van der Waals surface area contributed by atoms with Crippen LogP contribution in [0.3, 0.4) is 0 Å². The van der Waals surface area contributed by atoms with Gasteiger partial charge in [-0.3, -0.25) is 9.30 Å². The van der Waals surface area contributed by atoms with E-state index in [2.05, 4.69) is 29.2 Å². The van der Waals surface area contributed by atoms with Crippen molar-refractivity contribution >= 4 is 23.0 Å². The van der Waals surface area contributed by atoms with Crippen molar-refractivity contribution in [2.24, 2.45) is 0 Å². The minimum absolute atomic E-state index is 0.534. The Bertz CT molecular complexity index is 1470. The van der Waals surface area contributed by atoms with Crippen molar-refractivity contribution in [1.29, 1.82) is 0 Å². The van der Waals surface area contributed by atoms with Gasteiger partial charge in [-0.15, -0.1) is 0 Å². The monoisotopic (exact) mass is 443 g/mol. The maximum absolute atomic E-state index is 5.97. The van der Waals surface area contributed by atoms with E-state index in [9.17, 15) is 0 Å². The summed E-state index contributed by atoms with van der Waals surface area (Å²) in [5, 5.41) is 0. The van der Waals surface area contributed by atoms with Gasteiger partial charge in [0.2, 0.25) is 0 Å². The average molecular weight is 444 g/mol. The molecule has 0 atom stereocenters. The highest BCUT2D eigenvalue weighted by Gasteiger charge is 2.24. The first-order chi connectivity index (χ1) is 16.9. The summed E-state index contributed by atoms with van der Waals surface area (Å²) in [6, 6.07) is 38.3. The molecule has 0 saturated carbocycles. The fourth-order valence-electron chi connectivity index (χ4n) is 4.03. The second-order valence-corrected chi connectivity index (χ2v) is 7.79. The molecule has 0 aliphatic heterocycles. The Hall–Kier alpha value is -4.77. The summed E-state index contributed by atoms with van der Waals surface area (Å²) < 4.78 is 13.6. The predicted octanol–water partition coefficient (Wildman–Crippen LogP) is 7.86. The lowest BCUT2D eigenvalue weighted by atomic mass is 10.1. The Balaban J connectivity index is 1.47. The molecule has 0 unspecified atom stereocenters. The molecule has 4 aromatic carbocycles. The van der Waals surface area contributed by atoms with Crippen LogP contribution in [0.25, 0.3) is 17.1 Å². The van der Waals surface area contributed by atoms with Crippen LogP contribution in [-0.4, -0.2) is 9.38 Å². The summed E-state index contributed by atoms with van der Waals surface area (Å²) in [6.45, 7) is 0. The number of aromatic nitrogens is 2. The predicted molar refractivity (Wildman–Crippen MR) is 134 cm³/mol. The number of nitrogens with zero attached hydrogens (tertiary/aromatic N) is 3. The second kappa shape index (κ2) is 8.64. The molecule has 0 aliphatic carbocycles. The van der Waals surface area contributed by atoms with Gasteiger partial charge in [0.05, 0.1) is 6.20 Å². The fourth-order valence-corrected chi connectivity index (χ4v) is 4.03. The average Bonchev–Trinajstić information content (AvgIpc) is 3.49. The van der Waals surface area contributed by atoms with Gasteiger partial charge in [0.25, 0.3) is 0 Å². The van der Waals surface area contributed by atoms with E-state index in [1.165, 1.54) is 0 Å². The standard InChI is InChI=1S/C29H21N3O2/c1-4-10-23(11-5-1)32(24-12-6-2-7-13-24)28-27(30-29-31(28)20-21-33-29)22-16-18-26(19-17-22)34-25-14-8-3-9-15-25/h1-21H. The zero-order valence-corrected chi connectivity index (χ0v) is 18.3. The molecule has 0 amide bonds. The second-order valence-electron chi connectivity index (χ2n) is 7.79. The van der Waals surface area contributed by atoms with Crippen molar-refractivity contribution in [3.05, 3.63) is 128 Å². The minimum atomic E-state index is 0.534. The van der Waals surface area contributed by atoms with Gasteiger partial charge in [-0.2, -0.15) is 4.98 Å². The molecule has 6 aromatic rings. The molecule has 0 aliphatic rings. The van der Waals surface area contributed by atoms with Crippen LogP contribution >= 0.6 is 0 Å². The molecule has 0 spiro atoms.